The summed E-state index contributed by atoms with van der Waals surface area (Å²) in [5.41, 5.74) is 0.422. The molecule has 1 heterocycles. The molecule has 21 heavy (non-hydrogen) atoms. The van der Waals surface area contributed by atoms with Gasteiger partial charge >= 0.3 is 5.56 Å². The number of halogens is 1. The fourth-order valence-electron chi connectivity index (χ4n) is 2.41. The van der Waals surface area contributed by atoms with Gasteiger partial charge in [0.15, 0.2) is 0 Å². The Morgan fingerprint density at radius 3 is 2.43 bits per heavy atom. The monoisotopic (exact) mass is 284 g/mol. The van der Waals surface area contributed by atoms with Crippen LogP contribution in [0.3, 0.4) is 0 Å². The molecular weight excluding hydrogens is 271 g/mol. The van der Waals surface area contributed by atoms with Crippen LogP contribution in [0.25, 0.3) is 10.8 Å². The summed E-state index contributed by atoms with van der Waals surface area (Å²) in [6.07, 6.45) is 1.20. The third kappa shape index (κ3) is 2.63. The van der Waals surface area contributed by atoms with Crippen LogP contribution >= 0.6 is 0 Å². The van der Waals surface area contributed by atoms with Crippen LogP contribution in [0.15, 0.2) is 52.1 Å². The Labute approximate surface area is 119 Å². The Hall–Kier alpha value is -2.69. The molecule has 0 spiro atoms. The Morgan fingerprint density at radius 1 is 0.905 bits per heavy atom. The number of aryl methyl sites for hydroxylation is 2. The van der Waals surface area contributed by atoms with Crippen LogP contribution in [0.5, 0.6) is 0 Å². The van der Waals surface area contributed by atoms with Crippen molar-refractivity contribution in [2.24, 2.45) is 0 Å². The number of hydrogen-bond acceptors (Lipinski definition) is 2. The van der Waals surface area contributed by atoms with Crippen LogP contribution in [0.2, 0.25) is 0 Å². The molecule has 0 radical (unpaired) electrons. The predicted molar refractivity (Wildman–Crippen MR) is 79.0 cm³/mol. The lowest BCUT2D eigenvalue weighted by Gasteiger charge is -2.07. The van der Waals surface area contributed by atoms with E-state index in [0.717, 1.165) is 10.9 Å². The molecule has 0 bridgehead atoms. The van der Waals surface area contributed by atoms with E-state index in [1.165, 1.54) is 12.1 Å². The second kappa shape index (κ2) is 5.36. The average molecular weight is 284 g/mol. The summed E-state index contributed by atoms with van der Waals surface area (Å²) in [7, 11) is 0. The number of rotatable bonds is 3. The maximum Gasteiger partial charge on any atom is 0.310 e. The molecule has 0 aliphatic carbocycles. The lowest BCUT2D eigenvalue weighted by Crippen LogP contribution is -2.27. The highest BCUT2D eigenvalue weighted by Crippen LogP contribution is 2.22. The summed E-state index contributed by atoms with van der Waals surface area (Å²) in [4.78, 5) is 22.3. The second-order valence-electron chi connectivity index (χ2n) is 4.87. The summed E-state index contributed by atoms with van der Waals surface area (Å²) in [5, 5.41) is 6.45. The fourth-order valence-corrected chi connectivity index (χ4v) is 2.41. The van der Waals surface area contributed by atoms with Crippen LogP contribution in [-0.4, -0.2) is 10.2 Å². The molecule has 0 aliphatic rings. The minimum atomic E-state index is -0.661. The topological polar surface area (TPSA) is 65.7 Å². The molecular formula is C16H13FN2O2. The van der Waals surface area contributed by atoms with Crippen molar-refractivity contribution in [3.05, 3.63) is 80.1 Å². The number of benzene rings is 2. The lowest BCUT2D eigenvalue weighted by atomic mass is 10.00. The van der Waals surface area contributed by atoms with E-state index in [4.69, 9.17) is 0 Å². The van der Waals surface area contributed by atoms with E-state index in [2.05, 4.69) is 10.2 Å². The van der Waals surface area contributed by atoms with Gasteiger partial charge in [0.25, 0.3) is 0 Å². The molecule has 4 nitrogen and oxygen atoms in total. The molecule has 5 heteroatoms. The third-order valence-electron chi connectivity index (χ3n) is 3.49. The van der Waals surface area contributed by atoms with E-state index in [1.54, 1.807) is 18.2 Å². The molecule has 0 amide bonds. The predicted octanol–water partition coefficient (Wildman–Crippen LogP) is 2.14. The first kappa shape index (κ1) is 13.3. The smallest absolute Gasteiger partial charge is 0.302 e. The van der Waals surface area contributed by atoms with Gasteiger partial charge in [-0.05, 0) is 29.9 Å². The third-order valence-corrected chi connectivity index (χ3v) is 3.49. The highest BCUT2D eigenvalue weighted by atomic mass is 19.1. The minimum absolute atomic E-state index is 0.244. The van der Waals surface area contributed by atoms with Crippen molar-refractivity contribution in [2.45, 2.75) is 12.8 Å². The molecule has 0 atom stereocenters. The zero-order valence-electron chi connectivity index (χ0n) is 11.2. The molecule has 0 fully saturated rings. The number of aromatic nitrogens is 2. The Bertz CT molecular complexity index is 912. The molecule has 0 unspecified atom stereocenters. The molecule has 0 saturated carbocycles. The van der Waals surface area contributed by atoms with Crippen molar-refractivity contribution in [1.29, 1.82) is 0 Å². The standard InChI is InChI=1S/C16H13FN2O2/c17-14-8-6-10(12-3-1-2-4-13(12)14)5-7-11-9-15(20)16(21)19-18-11/h1-4,6,8-9H,5,7H2,(H,18,20)(H,19,21). The number of nitrogens with one attached hydrogen (secondary N) is 2. The summed E-state index contributed by atoms with van der Waals surface area (Å²) < 4.78 is 13.7. The molecule has 106 valence electrons. The SMILES string of the molecule is O=c1cc(CCc2ccc(F)c3ccccc23)[nH][nH]c1=O. The van der Waals surface area contributed by atoms with Crippen molar-refractivity contribution in [3.8, 4) is 0 Å². The van der Waals surface area contributed by atoms with Gasteiger partial charge in [-0.3, -0.25) is 14.7 Å². The van der Waals surface area contributed by atoms with Gasteiger partial charge in [0.1, 0.15) is 5.82 Å². The molecule has 2 aromatic carbocycles. The lowest BCUT2D eigenvalue weighted by molar-refractivity contribution is 0.639. The van der Waals surface area contributed by atoms with Crippen LogP contribution in [-0.2, 0) is 12.8 Å². The van der Waals surface area contributed by atoms with Crippen molar-refractivity contribution in [3.63, 3.8) is 0 Å². The van der Waals surface area contributed by atoms with E-state index in [9.17, 15) is 14.0 Å². The first-order valence-corrected chi connectivity index (χ1v) is 6.62. The number of H-pyrrole nitrogens is 2. The molecule has 3 aromatic rings. The quantitative estimate of drug-likeness (QED) is 0.724. The summed E-state index contributed by atoms with van der Waals surface area (Å²) in [6, 6.07) is 11.8. The number of aromatic amines is 2. The first-order valence-electron chi connectivity index (χ1n) is 6.62. The van der Waals surface area contributed by atoms with Crippen LogP contribution < -0.4 is 11.0 Å². The van der Waals surface area contributed by atoms with E-state index >= 15 is 0 Å². The van der Waals surface area contributed by atoms with Crippen molar-refractivity contribution >= 4 is 10.8 Å². The van der Waals surface area contributed by atoms with Crippen LogP contribution in [0, 0.1) is 5.82 Å². The maximum atomic E-state index is 13.7. The highest BCUT2D eigenvalue weighted by molar-refractivity contribution is 5.86. The van der Waals surface area contributed by atoms with Crippen LogP contribution in [0.4, 0.5) is 4.39 Å². The van der Waals surface area contributed by atoms with Gasteiger partial charge in [0, 0.05) is 17.1 Å². The maximum absolute atomic E-state index is 13.7. The van der Waals surface area contributed by atoms with Gasteiger partial charge in [-0.25, -0.2) is 4.39 Å². The second-order valence-corrected chi connectivity index (χ2v) is 4.87. The Kier molecular flexibility index (Phi) is 3.39. The number of fused-ring (bicyclic) bond motifs is 1. The van der Waals surface area contributed by atoms with Gasteiger partial charge < -0.3 is 5.10 Å². The minimum Gasteiger partial charge on any atom is -0.302 e. The van der Waals surface area contributed by atoms with Crippen molar-refractivity contribution in [1.82, 2.24) is 10.2 Å². The van der Waals surface area contributed by atoms with E-state index in [-0.39, 0.29) is 5.82 Å². The summed E-state index contributed by atoms with van der Waals surface area (Å²) >= 11 is 0. The highest BCUT2D eigenvalue weighted by Gasteiger charge is 2.06. The normalized spacial score (nSPS) is 10.9. The van der Waals surface area contributed by atoms with Gasteiger partial charge in [-0.15, -0.1) is 0 Å². The fraction of sp³-hybridized carbons (Fsp3) is 0.125. The summed E-state index contributed by atoms with van der Waals surface area (Å²) in [6.45, 7) is 0. The van der Waals surface area contributed by atoms with Crippen molar-refractivity contribution in [2.75, 3.05) is 0 Å². The molecule has 0 saturated heterocycles. The Morgan fingerprint density at radius 2 is 1.67 bits per heavy atom. The van der Waals surface area contributed by atoms with E-state index in [0.29, 0.717) is 23.9 Å². The van der Waals surface area contributed by atoms with Gasteiger partial charge in [-0.1, -0.05) is 30.3 Å². The van der Waals surface area contributed by atoms with E-state index < -0.39 is 11.0 Å². The molecule has 1 aromatic heterocycles. The average Bonchev–Trinajstić information content (AvgIpc) is 2.50. The van der Waals surface area contributed by atoms with Gasteiger partial charge in [0.05, 0.1) is 0 Å². The zero-order valence-corrected chi connectivity index (χ0v) is 11.2. The largest absolute Gasteiger partial charge is 0.310 e. The Balaban J connectivity index is 1.92. The van der Waals surface area contributed by atoms with E-state index in [1.807, 2.05) is 12.1 Å². The first-order chi connectivity index (χ1) is 10.1. The summed E-state index contributed by atoms with van der Waals surface area (Å²) in [5.74, 6) is -0.244. The number of hydrogen-bond donors (Lipinski definition) is 2. The van der Waals surface area contributed by atoms with Crippen molar-refractivity contribution < 1.29 is 4.39 Å². The zero-order chi connectivity index (χ0) is 14.8. The molecule has 3 rings (SSSR count). The van der Waals surface area contributed by atoms with Crippen LogP contribution in [0.1, 0.15) is 11.3 Å². The van der Waals surface area contributed by atoms with Gasteiger partial charge in [0.2, 0.25) is 5.43 Å². The molecule has 0 aliphatic heterocycles. The molecule has 2 N–H and O–H groups in total. The van der Waals surface area contributed by atoms with Gasteiger partial charge in [-0.2, -0.15) is 0 Å².